The molecule has 0 aromatic heterocycles. The lowest BCUT2D eigenvalue weighted by Gasteiger charge is -2.50. The fraction of sp³-hybridized carbons (Fsp3) is 0.359. The standard InChI is InChI=1S/C39H36ClFIN3O8/c1-53-30-18-20(17-29(42)34(30)48)33-25-14-15-26-32(37(51)44(35(26)49)16-4-2-3-5-31(46)47)27(25)19-28-36(50)45(43-24-12-10-23(41)11-13-24)38(52)39(28,33)21-6-8-22(40)9-7-21/h6-14,17-18,26-28,32-33,43,48H,2-5,15-16,19H2,1H3,(H,46,47). The first-order valence-corrected chi connectivity index (χ1v) is 18.8. The Morgan fingerprint density at radius 3 is 2.40 bits per heavy atom. The number of allylic oxidation sites excluding steroid dienone is 2. The minimum absolute atomic E-state index is 0.00140. The highest BCUT2D eigenvalue weighted by atomic mass is 127. The van der Waals surface area contributed by atoms with E-state index < -0.39 is 58.6 Å². The van der Waals surface area contributed by atoms with Crippen LogP contribution in [0.15, 0.2) is 72.3 Å². The molecule has 2 heterocycles. The summed E-state index contributed by atoms with van der Waals surface area (Å²) < 4.78 is 19.9. The van der Waals surface area contributed by atoms with E-state index in [1.54, 1.807) is 36.4 Å². The van der Waals surface area contributed by atoms with Crippen LogP contribution in [0.1, 0.15) is 55.6 Å². The number of benzene rings is 3. The van der Waals surface area contributed by atoms with Gasteiger partial charge in [-0.2, -0.15) is 5.01 Å². The first-order chi connectivity index (χ1) is 25.4. The molecule has 3 aromatic carbocycles. The third-order valence-electron chi connectivity index (χ3n) is 11.2. The lowest BCUT2D eigenvalue weighted by Crippen LogP contribution is -2.53. The highest BCUT2D eigenvalue weighted by molar-refractivity contribution is 14.1. The molecule has 2 aliphatic carbocycles. The second kappa shape index (κ2) is 14.4. The summed E-state index contributed by atoms with van der Waals surface area (Å²) in [6.07, 6.45) is 3.68. The van der Waals surface area contributed by atoms with Crippen LogP contribution in [0.3, 0.4) is 0 Å². The maximum Gasteiger partial charge on any atom is 0.303 e. The van der Waals surface area contributed by atoms with E-state index in [1.165, 1.54) is 36.3 Å². The number of anilines is 1. The number of methoxy groups -OCH3 is 1. The van der Waals surface area contributed by atoms with Crippen LogP contribution in [-0.4, -0.2) is 63.4 Å². The topological polar surface area (TPSA) is 154 Å². The fourth-order valence-corrected chi connectivity index (χ4v) is 9.71. The average molecular weight is 856 g/mol. The number of ether oxygens (including phenoxy) is 1. The molecule has 3 N–H and O–H groups in total. The van der Waals surface area contributed by atoms with E-state index in [9.17, 15) is 28.7 Å². The molecule has 0 spiro atoms. The molecule has 14 heteroatoms. The van der Waals surface area contributed by atoms with Crippen LogP contribution in [-0.2, 0) is 29.4 Å². The minimum atomic E-state index is -1.58. The number of hydrogen-bond acceptors (Lipinski definition) is 8. The molecule has 11 nitrogen and oxygen atoms in total. The molecule has 0 radical (unpaired) electrons. The molecule has 1 saturated carbocycles. The number of hydrazine groups is 1. The Morgan fingerprint density at radius 1 is 1.00 bits per heavy atom. The van der Waals surface area contributed by atoms with Gasteiger partial charge in [-0.15, -0.1) is 0 Å². The first-order valence-electron chi connectivity index (χ1n) is 17.4. The molecule has 7 rings (SSSR count). The zero-order valence-electron chi connectivity index (χ0n) is 28.6. The van der Waals surface area contributed by atoms with Gasteiger partial charge >= 0.3 is 5.97 Å². The van der Waals surface area contributed by atoms with Crippen LogP contribution < -0.4 is 10.2 Å². The number of carboxylic acid groups (broad SMARTS) is 1. The Balaban J connectivity index is 1.37. The third kappa shape index (κ3) is 6.15. The lowest BCUT2D eigenvalue weighted by molar-refractivity contribution is -0.141. The number of nitrogens with one attached hydrogen (secondary N) is 1. The van der Waals surface area contributed by atoms with Gasteiger partial charge in [0.05, 0.1) is 39.5 Å². The predicted octanol–water partition coefficient (Wildman–Crippen LogP) is 6.43. The SMILES string of the molecule is COc1cc(C2C3=CCC4C(=O)N(CCCCCC(=O)O)C(=O)C4C3CC3C(=O)N(Nc4ccc(F)cc4)C(=O)C32c2ccc(Cl)cc2)cc(I)c1O. The summed E-state index contributed by atoms with van der Waals surface area (Å²) in [5, 5.41) is 21.3. The van der Waals surface area contributed by atoms with E-state index in [-0.39, 0.29) is 49.1 Å². The molecule has 4 amide bonds. The fourth-order valence-electron chi connectivity index (χ4n) is 8.95. The normalized spacial score (nSPS) is 26.3. The van der Waals surface area contributed by atoms with E-state index in [0.717, 1.165) is 10.6 Å². The molecule has 276 valence electrons. The minimum Gasteiger partial charge on any atom is -0.504 e. The number of nitrogens with zero attached hydrogens (tertiary/aromatic N) is 2. The van der Waals surface area contributed by atoms with Crippen molar-refractivity contribution in [2.45, 2.75) is 49.9 Å². The number of rotatable bonds is 11. The average Bonchev–Trinajstić information content (AvgIpc) is 3.50. The van der Waals surface area contributed by atoms with Crippen molar-refractivity contribution in [3.05, 3.63) is 97.8 Å². The number of unbranched alkanes of at least 4 members (excludes halogenated alkanes) is 2. The van der Waals surface area contributed by atoms with E-state index in [1.807, 2.05) is 28.7 Å². The summed E-state index contributed by atoms with van der Waals surface area (Å²) in [5.74, 6) is -7.02. The summed E-state index contributed by atoms with van der Waals surface area (Å²) in [6, 6.07) is 15.4. The zero-order chi connectivity index (χ0) is 37.8. The number of imide groups is 2. The molecular formula is C39H36ClFIN3O8. The van der Waals surface area contributed by atoms with Gasteiger partial charge in [0.2, 0.25) is 11.8 Å². The smallest absolute Gasteiger partial charge is 0.303 e. The summed E-state index contributed by atoms with van der Waals surface area (Å²) in [5.41, 5.74) is 3.46. The number of aromatic hydroxyl groups is 1. The molecule has 0 bridgehead atoms. The second-order valence-corrected chi connectivity index (χ2v) is 15.6. The predicted molar refractivity (Wildman–Crippen MR) is 199 cm³/mol. The highest BCUT2D eigenvalue weighted by Crippen LogP contribution is 2.64. The van der Waals surface area contributed by atoms with Gasteiger partial charge in [0.1, 0.15) is 5.82 Å². The van der Waals surface area contributed by atoms with Crippen molar-refractivity contribution in [1.29, 1.82) is 0 Å². The van der Waals surface area contributed by atoms with Crippen LogP contribution >= 0.6 is 34.2 Å². The largest absolute Gasteiger partial charge is 0.504 e. The van der Waals surface area contributed by atoms with Gasteiger partial charge in [0.15, 0.2) is 11.5 Å². The highest BCUT2D eigenvalue weighted by Gasteiger charge is 2.70. The van der Waals surface area contributed by atoms with Gasteiger partial charge in [-0.1, -0.05) is 41.8 Å². The zero-order valence-corrected chi connectivity index (χ0v) is 31.5. The maximum atomic E-state index is 15.3. The number of phenolic OH excluding ortho intramolecular Hbond substituents is 1. The first kappa shape index (κ1) is 36.8. The molecule has 2 aliphatic heterocycles. The van der Waals surface area contributed by atoms with Gasteiger partial charge in [0.25, 0.3) is 11.8 Å². The number of hydrogen-bond donors (Lipinski definition) is 3. The van der Waals surface area contributed by atoms with Crippen LogP contribution in [0, 0.1) is 33.1 Å². The Bertz CT molecular complexity index is 2040. The number of likely N-dealkylation sites (tertiary alicyclic amines) is 1. The summed E-state index contributed by atoms with van der Waals surface area (Å²) in [4.78, 5) is 70.4. The number of carboxylic acids is 1. The molecule has 3 fully saturated rings. The van der Waals surface area contributed by atoms with Gasteiger partial charge in [-0.25, -0.2) is 4.39 Å². The summed E-state index contributed by atoms with van der Waals surface area (Å²) in [6.45, 7) is 0.161. The van der Waals surface area contributed by atoms with Crippen LogP contribution in [0.25, 0.3) is 0 Å². The summed E-state index contributed by atoms with van der Waals surface area (Å²) >= 11 is 8.34. The van der Waals surface area contributed by atoms with Crippen molar-refractivity contribution >= 4 is 69.5 Å². The molecule has 2 saturated heterocycles. The van der Waals surface area contributed by atoms with Crippen molar-refractivity contribution in [2.24, 2.45) is 23.7 Å². The molecule has 4 aliphatic rings. The molecule has 53 heavy (non-hydrogen) atoms. The van der Waals surface area contributed by atoms with Gasteiger partial charge in [-0.3, -0.25) is 34.3 Å². The number of halogens is 3. The Hall–Kier alpha value is -4.50. The second-order valence-electron chi connectivity index (χ2n) is 14.0. The van der Waals surface area contributed by atoms with Crippen molar-refractivity contribution in [3.8, 4) is 11.5 Å². The van der Waals surface area contributed by atoms with Gasteiger partial charge in [0, 0.05) is 23.9 Å². The monoisotopic (exact) mass is 855 g/mol. The number of carbonyl (C=O) groups is 5. The molecule has 3 aromatic rings. The molecular weight excluding hydrogens is 820 g/mol. The van der Waals surface area contributed by atoms with E-state index in [2.05, 4.69) is 5.43 Å². The summed E-state index contributed by atoms with van der Waals surface area (Å²) in [7, 11) is 1.42. The quantitative estimate of drug-likeness (QED) is 0.0858. The third-order valence-corrected chi connectivity index (χ3v) is 12.3. The van der Waals surface area contributed by atoms with Crippen LogP contribution in [0.2, 0.25) is 5.02 Å². The van der Waals surface area contributed by atoms with E-state index in [0.29, 0.717) is 44.7 Å². The maximum absolute atomic E-state index is 15.3. The van der Waals surface area contributed by atoms with E-state index in [4.69, 9.17) is 21.4 Å². The number of fused-ring (bicyclic) bond motifs is 4. The van der Waals surface area contributed by atoms with Crippen molar-refractivity contribution in [1.82, 2.24) is 9.91 Å². The Labute approximate surface area is 323 Å². The number of aliphatic carboxylic acids is 1. The van der Waals surface area contributed by atoms with Crippen molar-refractivity contribution in [2.75, 3.05) is 19.1 Å². The number of carbonyl (C=O) groups excluding carboxylic acids is 4. The van der Waals surface area contributed by atoms with Crippen LogP contribution in [0.4, 0.5) is 10.1 Å². The van der Waals surface area contributed by atoms with E-state index >= 15 is 4.79 Å². The Kier molecular flexibility index (Phi) is 10.00. The molecule has 6 unspecified atom stereocenters. The van der Waals surface area contributed by atoms with Gasteiger partial charge < -0.3 is 14.9 Å². The number of amides is 4. The number of phenols is 1. The Morgan fingerprint density at radius 2 is 1.72 bits per heavy atom. The lowest BCUT2D eigenvalue weighted by atomic mass is 9.49. The van der Waals surface area contributed by atoms with Gasteiger partial charge in [-0.05, 0) is 114 Å². The van der Waals surface area contributed by atoms with Crippen molar-refractivity contribution in [3.63, 3.8) is 0 Å². The molecule has 6 atom stereocenters. The van der Waals surface area contributed by atoms with Crippen LogP contribution in [0.5, 0.6) is 11.5 Å². The van der Waals surface area contributed by atoms with Crippen molar-refractivity contribution < 1.29 is 43.3 Å².